The molecule has 0 aromatic heterocycles. The molecule has 1 aliphatic rings. The van der Waals surface area contributed by atoms with Gasteiger partial charge in [0.2, 0.25) is 6.29 Å². The van der Waals surface area contributed by atoms with E-state index in [0.29, 0.717) is 6.29 Å². The SMILES string of the molecule is O=CC1ON=C(c2ccccc2F)O1. The van der Waals surface area contributed by atoms with Gasteiger partial charge in [-0.15, -0.1) is 0 Å². The Bertz CT molecular complexity index is 391. The summed E-state index contributed by atoms with van der Waals surface area (Å²) >= 11 is 0. The van der Waals surface area contributed by atoms with Crippen LogP contribution >= 0.6 is 0 Å². The summed E-state index contributed by atoms with van der Waals surface area (Å²) in [6, 6.07) is 5.95. The van der Waals surface area contributed by atoms with Crippen LogP contribution in [0.3, 0.4) is 0 Å². The zero-order valence-corrected chi connectivity index (χ0v) is 7.01. The molecule has 0 spiro atoms. The van der Waals surface area contributed by atoms with Crippen LogP contribution in [0, 0.1) is 5.82 Å². The first-order valence-electron chi connectivity index (χ1n) is 3.92. The standard InChI is InChI=1S/C9H6FNO3/c10-7-4-2-1-3-6(7)9-11-14-8(5-12)13-9/h1-5,8H. The summed E-state index contributed by atoms with van der Waals surface area (Å²) in [5.74, 6) is -0.485. The number of ether oxygens (including phenoxy) is 1. The molecule has 0 radical (unpaired) electrons. The molecule has 1 aromatic rings. The van der Waals surface area contributed by atoms with Crippen molar-refractivity contribution >= 4 is 12.2 Å². The summed E-state index contributed by atoms with van der Waals surface area (Å²) in [5.41, 5.74) is 0.178. The lowest BCUT2D eigenvalue weighted by atomic mass is 10.2. The van der Waals surface area contributed by atoms with Gasteiger partial charge in [-0.3, -0.25) is 4.79 Å². The number of carbonyl (C=O) groups excluding carboxylic acids is 1. The van der Waals surface area contributed by atoms with E-state index in [2.05, 4.69) is 9.99 Å². The van der Waals surface area contributed by atoms with Crippen molar-refractivity contribution in [1.29, 1.82) is 0 Å². The highest BCUT2D eigenvalue weighted by Gasteiger charge is 2.23. The molecule has 0 N–H and O–H groups in total. The molecule has 2 rings (SSSR count). The molecule has 1 unspecified atom stereocenters. The van der Waals surface area contributed by atoms with Crippen LogP contribution in [0.4, 0.5) is 4.39 Å². The number of hydrogen-bond acceptors (Lipinski definition) is 4. The van der Waals surface area contributed by atoms with E-state index in [0.717, 1.165) is 0 Å². The molecule has 0 aliphatic carbocycles. The van der Waals surface area contributed by atoms with Gasteiger partial charge in [0.15, 0.2) is 0 Å². The van der Waals surface area contributed by atoms with E-state index in [1.807, 2.05) is 0 Å². The Morgan fingerprint density at radius 3 is 2.86 bits per heavy atom. The predicted octanol–water partition coefficient (Wildman–Crippen LogP) is 1.06. The van der Waals surface area contributed by atoms with Crippen molar-refractivity contribution in [2.75, 3.05) is 0 Å². The highest BCUT2D eigenvalue weighted by molar-refractivity contribution is 5.95. The molecule has 1 aromatic carbocycles. The van der Waals surface area contributed by atoms with Crippen molar-refractivity contribution in [3.63, 3.8) is 0 Å². The second-order valence-corrected chi connectivity index (χ2v) is 2.60. The minimum Gasteiger partial charge on any atom is -0.426 e. The summed E-state index contributed by atoms with van der Waals surface area (Å²) in [6.07, 6.45) is -0.623. The molecule has 0 bridgehead atoms. The average molecular weight is 195 g/mol. The predicted molar refractivity (Wildman–Crippen MR) is 45.0 cm³/mol. The molecule has 0 saturated carbocycles. The number of halogens is 1. The molecule has 72 valence electrons. The van der Waals surface area contributed by atoms with E-state index in [1.54, 1.807) is 12.1 Å². The van der Waals surface area contributed by atoms with E-state index >= 15 is 0 Å². The van der Waals surface area contributed by atoms with Crippen LogP contribution in [-0.4, -0.2) is 18.5 Å². The van der Waals surface area contributed by atoms with Gasteiger partial charge >= 0.3 is 6.29 Å². The van der Waals surface area contributed by atoms with Gasteiger partial charge in [0, 0.05) is 0 Å². The molecular formula is C9H6FNO3. The van der Waals surface area contributed by atoms with E-state index in [9.17, 15) is 9.18 Å². The molecule has 14 heavy (non-hydrogen) atoms. The lowest BCUT2D eigenvalue weighted by Crippen LogP contribution is -2.14. The Balaban J connectivity index is 2.25. The molecule has 4 nitrogen and oxygen atoms in total. The summed E-state index contributed by atoms with van der Waals surface area (Å²) in [6.45, 7) is 0. The summed E-state index contributed by atoms with van der Waals surface area (Å²) in [5, 5.41) is 3.44. The lowest BCUT2D eigenvalue weighted by Gasteiger charge is -2.01. The first-order valence-corrected chi connectivity index (χ1v) is 3.92. The molecule has 1 aliphatic heterocycles. The number of hydrogen-bond donors (Lipinski definition) is 0. The highest BCUT2D eigenvalue weighted by Crippen LogP contribution is 2.14. The van der Waals surface area contributed by atoms with Crippen LogP contribution in [0.1, 0.15) is 5.56 Å². The third-order valence-corrected chi connectivity index (χ3v) is 1.68. The van der Waals surface area contributed by atoms with Gasteiger partial charge < -0.3 is 9.57 Å². The number of rotatable bonds is 2. The Kier molecular flexibility index (Phi) is 2.14. The van der Waals surface area contributed by atoms with Gasteiger partial charge in [0.1, 0.15) is 5.82 Å². The topological polar surface area (TPSA) is 47.9 Å². The number of carbonyl (C=O) groups is 1. The number of nitrogens with zero attached hydrogens (tertiary/aromatic N) is 1. The van der Waals surface area contributed by atoms with Crippen molar-refractivity contribution < 1.29 is 18.8 Å². The minimum absolute atomic E-state index is 0.0137. The van der Waals surface area contributed by atoms with Crippen LogP contribution in [0.25, 0.3) is 0 Å². The number of oxime groups is 1. The quantitative estimate of drug-likeness (QED) is 0.663. The van der Waals surface area contributed by atoms with Crippen molar-refractivity contribution in [2.24, 2.45) is 5.16 Å². The van der Waals surface area contributed by atoms with Crippen molar-refractivity contribution in [1.82, 2.24) is 0 Å². The third kappa shape index (κ3) is 1.44. The van der Waals surface area contributed by atoms with Crippen molar-refractivity contribution in [3.05, 3.63) is 35.6 Å². The maximum atomic E-state index is 13.2. The largest absolute Gasteiger partial charge is 0.426 e. The fourth-order valence-corrected chi connectivity index (χ4v) is 1.05. The number of benzene rings is 1. The van der Waals surface area contributed by atoms with E-state index in [1.165, 1.54) is 12.1 Å². The van der Waals surface area contributed by atoms with Crippen LogP contribution in [-0.2, 0) is 14.4 Å². The van der Waals surface area contributed by atoms with Gasteiger partial charge in [0.05, 0.1) is 5.56 Å². The van der Waals surface area contributed by atoms with Crippen LogP contribution in [0.2, 0.25) is 0 Å². The summed E-state index contributed by atoms with van der Waals surface area (Å²) < 4.78 is 18.1. The summed E-state index contributed by atoms with van der Waals surface area (Å²) in [7, 11) is 0. The van der Waals surface area contributed by atoms with Crippen molar-refractivity contribution in [2.45, 2.75) is 6.29 Å². The zero-order chi connectivity index (χ0) is 9.97. The smallest absolute Gasteiger partial charge is 0.323 e. The monoisotopic (exact) mass is 195 g/mol. The maximum Gasteiger partial charge on any atom is 0.323 e. The third-order valence-electron chi connectivity index (χ3n) is 1.68. The van der Waals surface area contributed by atoms with E-state index in [-0.39, 0.29) is 11.5 Å². The highest BCUT2D eigenvalue weighted by atomic mass is 19.1. The molecule has 0 fully saturated rings. The van der Waals surface area contributed by atoms with E-state index < -0.39 is 12.1 Å². The molecule has 1 heterocycles. The molecular weight excluding hydrogens is 189 g/mol. The number of aldehydes is 1. The molecule has 0 amide bonds. The Morgan fingerprint density at radius 1 is 1.43 bits per heavy atom. The van der Waals surface area contributed by atoms with Gasteiger partial charge in [0.25, 0.3) is 5.90 Å². The van der Waals surface area contributed by atoms with Gasteiger partial charge in [-0.2, -0.15) is 0 Å². The Labute approximate surface area is 78.9 Å². The van der Waals surface area contributed by atoms with E-state index in [4.69, 9.17) is 4.74 Å². The van der Waals surface area contributed by atoms with Crippen LogP contribution in [0.5, 0.6) is 0 Å². The molecule has 0 saturated heterocycles. The Hall–Kier alpha value is -1.91. The second-order valence-electron chi connectivity index (χ2n) is 2.60. The second kappa shape index (κ2) is 3.45. The first kappa shape index (κ1) is 8.68. The van der Waals surface area contributed by atoms with Gasteiger partial charge in [-0.05, 0) is 17.3 Å². The molecule has 1 atom stereocenters. The van der Waals surface area contributed by atoms with Gasteiger partial charge in [-0.1, -0.05) is 12.1 Å². The minimum atomic E-state index is -1.07. The van der Waals surface area contributed by atoms with Gasteiger partial charge in [-0.25, -0.2) is 4.39 Å². The molecule has 5 heteroatoms. The van der Waals surface area contributed by atoms with Crippen LogP contribution < -0.4 is 0 Å². The Morgan fingerprint density at radius 2 is 2.21 bits per heavy atom. The maximum absolute atomic E-state index is 13.2. The van der Waals surface area contributed by atoms with Crippen molar-refractivity contribution in [3.8, 4) is 0 Å². The fourth-order valence-electron chi connectivity index (χ4n) is 1.05. The fraction of sp³-hybridized carbons (Fsp3) is 0.111. The van der Waals surface area contributed by atoms with Crippen LogP contribution in [0.15, 0.2) is 29.4 Å². The lowest BCUT2D eigenvalue weighted by molar-refractivity contribution is -0.131. The zero-order valence-electron chi connectivity index (χ0n) is 7.01. The average Bonchev–Trinajstić information content (AvgIpc) is 2.67. The summed E-state index contributed by atoms with van der Waals surface area (Å²) in [4.78, 5) is 14.8. The normalized spacial score (nSPS) is 19.5. The first-order chi connectivity index (χ1) is 6.81.